The molecule has 2 N–H and O–H groups in total. The van der Waals surface area contributed by atoms with Gasteiger partial charge >= 0.3 is 0 Å². The molecule has 2 saturated heterocycles. The molecule has 0 aliphatic carbocycles. The highest BCUT2D eigenvalue weighted by atomic mass is 127. The van der Waals surface area contributed by atoms with Crippen LogP contribution >= 0.6 is 24.0 Å². The van der Waals surface area contributed by atoms with Crippen LogP contribution in [-0.4, -0.2) is 82.3 Å². The fourth-order valence-electron chi connectivity index (χ4n) is 4.09. The Morgan fingerprint density at radius 2 is 1.97 bits per heavy atom. The maximum Gasteiger partial charge on any atom is 0.214 e. The summed E-state index contributed by atoms with van der Waals surface area (Å²) in [5.74, 6) is 1.85. The van der Waals surface area contributed by atoms with Gasteiger partial charge in [0.25, 0.3) is 0 Å². The zero-order chi connectivity index (χ0) is 21.4. The van der Waals surface area contributed by atoms with Gasteiger partial charge in [-0.2, -0.15) is 0 Å². The highest BCUT2D eigenvalue weighted by Gasteiger charge is 2.27. The van der Waals surface area contributed by atoms with E-state index in [2.05, 4.69) is 27.7 Å². The van der Waals surface area contributed by atoms with Crippen molar-refractivity contribution in [2.75, 3.05) is 58.7 Å². The van der Waals surface area contributed by atoms with Gasteiger partial charge in [0.1, 0.15) is 5.75 Å². The molecule has 1 aromatic carbocycles. The Hall–Kier alpha value is -1.11. The Labute approximate surface area is 203 Å². The molecule has 1 aromatic rings. The SMILES string of the molecule is CCNC(=NCC(c1cccc(OC)c1)N1CCCC1)NCCN1CCCS1(=O)=O.I. The number of guanidine groups is 1. The van der Waals surface area contributed by atoms with Gasteiger partial charge in [0, 0.05) is 26.2 Å². The predicted octanol–water partition coefficient (Wildman–Crippen LogP) is 2.04. The number of hydrogen-bond acceptors (Lipinski definition) is 5. The van der Waals surface area contributed by atoms with Gasteiger partial charge in [0.2, 0.25) is 10.0 Å². The van der Waals surface area contributed by atoms with Crippen molar-refractivity contribution < 1.29 is 13.2 Å². The molecule has 1 atom stereocenters. The maximum atomic E-state index is 12.0. The van der Waals surface area contributed by atoms with Crippen molar-refractivity contribution in [1.82, 2.24) is 19.8 Å². The lowest BCUT2D eigenvalue weighted by molar-refractivity contribution is 0.251. The third kappa shape index (κ3) is 7.47. The van der Waals surface area contributed by atoms with Gasteiger partial charge in [-0.05, 0) is 57.0 Å². The van der Waals surface area contributed by atoms with E-state index in [0.717, 1.165) is 31.3 Å². The number of halogens is 1. The van der Waals surface area contributed by atoms with E-state index in [-0.39, 0.29) is 35.8 Å². The van der Waals surface area contributed by atoms with Crippen LogP contribution < -0.4 is 15.4 Å². The van der Waals surface area contributed by atoms with Crippen LogP contribution in [0, 0.1) is 0 Å². The fraction of sp³-hybridized carbons (Fsp3) is 0.667. The maximum absolute atomic E-state index is 12.0. The molecular weight excluding hydrogens is 529 g/mol. The van der Waals surface area contributed by atoms with Gasteiger partial charge in [0.05, 0.1) is 25.4 Å². The molecule has 0 radical (unpaired) electrons. The monoisotopic (exact) mass is 565 g/mol. The van der Waals surface area contributed by atoms with Crippen molar-refractivity contribution in [1.29, 1.82) is 0 Å². The molecular formula is C21H36IN5O3S. The molecule has 176 valence electrons. The second-order valence-electron chi connectivity index (χ2n) is 7.75. The molecule has 2 aliphatic heterocycles. The smallest absolute Gasteiger partial charge is 0.214 e. The van der Waals surface area contributed by atoms with Gasteiger partial charge in [-0.25, -0.2) is 12.7 Å². The minimum Gasteiger partial charge on any atom is -0.497 e. The van der Waals surface area contributed by atoms with E-state index in [1.807, 2.05) is 19.1 Å². The first kappa shape index (κ1) is 26.1. The predicted molar refractivity (Wildman–Crippen MR) is 136 cm³/mol. The van der Waals surface area contributed by atoms with Gasteiger partial charge in [0.15, 0.2) is 5.96 Å². The first-order chi connectivity index (χ1) is 14.5. The van der Waals surface area contributed by atoms with Crippen LogP contribution in [0.25, 0.3) is 0 Å². The van der Waals surface area contributed by atoms with Crippen molar-refractivity contribution in [3.05, 3.63) is 29.8 Å². The number of sulfonamides is 1. The lowest BCUT2D eigenvalue weighted by atomic mass is 10.1. The Balaban J connectivity index is 0.00000341. The summed E-state index contributed by atoms with van der Waals surface area (Å²) in [6, 6.07) is 8.42. The van der Waals surface area contributed by atoms with Crippen molar-refractivity contribution in [2.45, 2.75) is 32.2 Å². The van der Waals surface area contributed by atoms with E-state index >= 15 is 0 Å². The molecule has 8 nitrogen and oxygen atoms in total. The van der Waals surface area contributed by atoms with Crippen molar-refractivity contribution in [3.8, 4) is 5.75 Å². The number of likely N-dealkylation sites (tertiary alicyclic amines) is 1. The number of aliphatic imine (C=N–C) groups is 1. The fourth-order valence-corrected chi connectivity index (χ4v) is 5.62. The van der Waals surface area contributed by atoms with Crippen molar-refractivity contribution in [3.63, 3.8) is 0 Å². The molecule has 0 saturated carbocycles. The van der Waals surface area contributed by atoms with Gasteiger partial charge in [-0.15, -0.1) is 24.0 Å². The van der Waals surface area contributed by atoms with Crippen molar-refractivity contribution in [2.24, 2.45) is 4.99 Å². The molecule has 0 aromatic heterocycles. The summed E-state index contributed by atoms with van der Waals surface area (Å²) in [4.78, 5) is 7.32. The van der Waals surface area contributed by atoms with Gasteiger partial charge in [-0.1, -0.05) is 12.1 Å². The average Bonchev–Trinajstić information content (AvgIpc) is 3.38. The summed E-state index contributed by atoms with van der Waals surface area (Å²) < 4.78 is 30.9. The van der Waals surface area contributed by atoms with Gasteiger partial charge in [-0.3, -0.25) is 9.89 Å². The Kier molecular flexibility index (Phi) is 10.8. The summed E-state index contributed by atoms with van der Waals surface area (Å²) in [7, 11) is -1.37. The van der Waals surface area contributed by atoms with Crippen molar-refractivity contribution >= 4 is 40.0 Å². The molecule has 10 heteroatoms. The number of ether oxygens (including phenoxy) is 1. The number of nitrogens with zero attached hydrogens (tertiary/aromatic N) is 3. The minimum absolute atomic E-state index is 0. The second-order valence-corrected chi connectivity index (χ2v) is 9.84. The van der Waals surface area contributed by atoms with E-state index in [1.165, 1.54) is 18.4 Å². The summed E-state index contributed by atoms with van der Waals surface area (Å²) >= 11 is 0. The molecule has 2 aliphatic rings. The van der Waals surface area contributed by atoms with Gasteiger partial charge < -0.3 is 15.4 Å². The van der Waals surface area contributed by atoms with Crippen LogP contribution in [0.1, 0.15) is 37.8 Å². The zero-order valence-corrected chi connectivity index (χ0v) is 21.7. The first-order valence-corrected chi connectivity index (χ1v) is 12.5. The topological polar surface area (TPSA) is 86.3 Å². The highest BCUT2D eigenvalue weighted by Crippen LogP contribution is 2.27. The average molecular weight is 566 g/mol. The largest absolute Gasteiger partial charge is 0.497 e. The third-order valence-electron chi connectivity index (χ3n) is 5.68. The number of methoxy groups -OCH3 is 1. The van der Waals surface area contributed by atoms with Crippen LogP contribution in [-0.2, 0) is 10.0 Å². The van der Waals surface area contributed by atoms with Crippen LogP contribution in [0.4, 0.5) is 0 Å². The van der Waals surface area contributed by atoms with Crippen LogP contribution in [0.2, 0.25) is 0 Å². The van der Waals surface area contributed by atoms with E-state index < -0.39 is 10.0 Å². The lowest BCUT2D eigenvalue weighted by Gasteiger charge is -2.27. The molecule has 2 fully saturated rings. The molecule has 1 unspecified atom stereocenters. The Morgan fingerprint density at radius 1 is 1.19 bits per heavy atom. The number of benzene rings is 1. The number of hydrogen-bond donors (Lipinski definition) is 2. The van der Waals surface area contributed by atoms with Crippen LogP contribution in [0.15, 0.2) is 29.3 Å². The minimum atomic E-state index is -3.06. The van der Waals surface area contributed by atoms with Crippen LogP contribution in [0.3, 0.4) is 0 Å². The summed E-state index contributed by atoms with van der Waals surface area (Å²) in [6.45, 7) is 7.19. The quantitative estimate of drug-likeness (QED) is 0.271. The lowest BCUT2D eigenvalue weighted by Crippen LogP contribution is -2.42. The summed E-state index contributed by atoms with van der Waals surface area (Å²) in [5, 5.41) is 6.57. The van der Waals surface area contributed by atoms with E-state index in [1.54, 1.807) is 11.4 Å². The molecule has 2 heterocycles. The number of nitrogens with one attached hydrogen (secondary N) is 2. The zero-order valence-electron chi connectivity index (χ0n) is 18.5. The molecule has 0 amide bonds. The molecule has 0 spiro atoms. The normalized spacial score (nSPS) is 20.3. The van der Waals surface area contributed by atoms with E-state index in [4.69, 9.17) is 9.73 Å². The van der Waals surface area contributed by atoms with E-state index in [0.29, 0.717) is 32.6 Å². The highest BCUT2D eigenvalue weighted by molar-refractivity contribution is 14.0. The summed E-state index contributed by atoms with van der Waals surface area (Å²) in [6.07, 6.45) is 3.15. The molecule has 3 rings (SSSR count). The second kappa shape index (κ2) is 12.8. The Bertz CT molecular complexity index is 815. The first-order valence-electron chi connectivity index (χ1n) is 10.9. The number of rotatable bonds is 9. The summed E-state index contributed by atoms with van der Waals surface area (Å²) in [5.41, 5.74) is 1.21. The third-order valence-corrected chi connectivity index (χ3v) is 7.64. The van der Waals surface area contributed by atoms with E-state index in [9.17, 15) is 8.42 Å². The molecule has 0 bridgehead atoms. The Morgan fingerprint density at radius 3 is 2.61 bits per heavy atom. The standard InChI is InChI=1S/C21H35N5O3S.HI/c1-3-22-21(23-10-14-26-13-7-15-30(26,27)28)24-17-20(25-11-4-5-12-25)18-8-6-9-19(16-18)29-2;/h6,8-9,16,20H,3-5,7,10-15,17H2,1-2H3,(H2,22,23,24);1H. The molecule has 31 heavy (non-hydrogen) atoms. The van der Waals surface area contributed by atoms with Crippen LogP contribution in [0.5, 0.6) is 5.75 Å².